The minimum absolute atomic E-state index is 0.114. The monoisotopic (exact) mass is 481 g/mol. The van der Waals surface area contributed by atoms with Crippen molar-refractivity contribution in [2.75, 3.05) is 0 Å². The number of fused-ring (bicyclic) bond motifs is 1. The largest absolute Gasteiger partial charge is 0.608 e. The van der Waals surface area contributed by atoms with Crippen molar-refractivity contribution in [3.63, 3.8) is 0 Å². The molecule has 4 heterocycles. The van der Waals surface area contributed by atoms with Gasteiger partial charge in [0.2, 0.25) is 23.4 Å². The molecule has 3 amide bonds. The molecule has 0 atom stereocenters. The van der Waals surface area contributed by atoms with Gasteiger partial charge in [-0.25, -0.2) is 9.97 Å². The fourth-order valence-corrected chi connectivity index (χ4v) is 4.15. The van der Waals surface area contributed by atoms with Crippen molar-refractivity contribution in [3.8, 4) is 28.4 Å². The second-order valence-corrected chi connectivity index (χ2v) is 8.19. The Morgan fingerprint density at radius 2 is 1.89 bits per heavy atom. The first-order valence-electron chi connectivity index (χ1n) is 11.1. The molecule has 4 aromatic rings. The Morgan fingerprint density at radius 1 is 1.00 bits per heavy atom. The highest BCUT2D eigenvalue weighted by atomic mass is 16.6. The summed E-state index contributed by atoms with van der Waals surface area (Å²) >= 11 is 0. The number of piperidine rings is 1. The van der Waals surface area contributed by atoms with E-state index in [4.69, 9.17) is 9.26 Å². The number of carbonyl (C=O) groups excluding carboxylic acids is 3. The summed E-state index contributed by atoms with van der Waals surface area (Å²) in [6, 6.07) is 14.6. The number of imide groups is 1. The van der Waals surface area contributed by atoms with Crippen LogP contribution in [0.5, 0.6) is 5.75 Å². The van der Waals surface area contributed by atoms with E-state index in [-0.39, 0.29) is 24.5 Å². The van der Waals surface area contributed by atoms with E-state index < -0.39 is 12.0 Å². The minimum Gasteiger partial charge on any atom is -0.365 e. The number of hydrogen-bond donors (Lipinski definition) is 1. The Hall–Kier alpha value is -5.06. The Balaban J connectivity index is 1.27. The van der Waals surface area contributed by atoms with Crippen molar-refractivity contribution >= 4 is 29.3 Å². The topological polar surface area (TPSA) is 140 Å². The summed E-state index contributed by atoms with van der Waals surface area (Å²) in [6.07, 6.45) is 3.03. The first-order valence-corrected chi connectivity index (χ1v) is 11.1. The molecule has 11 nitrogen and oxygen atoms in total. The predicted molar refractivity (Wildman–Crippen MR) is 123 cm³/mol. The molecule has 2 aliphatic rings. The van der Waals surface area contributed by atoms with Crippen LogP contribution in [0.3, 0.4) is 0 Å². The van der Waals surface area contributed by atoms with Gasteiger partial charge in [-0.2, -0.15) is 9.78 Å². The Morgan fingerprint density at radius 3 is 2.72 bits per heavy atom. The third kappa shape index (κ3) is 3.92. The first-order chi connectivity index (χ1) is 17.5. The Labute approximate surface area is 203 Å². The number of rotatable bonds is 4. The molecule has 176 valence electrons. The molecule has 11 heteroatoms. The molecule has 0 aliphatic carbocycles. The maximum absolute atomic E-state index is 12.5. The van der Waals surface area contributed by atoms with E-state index in [1.807, 2.05) is 30.3 Å². The minimum atomic E-state index is -0.690. The van der Waals surface area contributed by atoms with Crippen molar-refractivity contribution in [1.29, 1.82) is 0 Å². The number of ether oxygens (including phenoxy) is 1. The summed E-state index contributed by atoms with van der Waals surface area (Å²) in [4.78, 5) is 49.0. The Bertz CT molecular complexity index is 1580. The van der Waals surface area contributed by atoms with Crippen molar-refractivity contribution in [1.82, 2.24) is 25.4 Å². The predicted octanol–water partition coefficient (Wildman–Crippen LogP) is 2.82. The first kappa shape index (κ1) is 21.5. The van der Waals surface area contributed by atoms with Gasteiger partial charge in [0.05, 0.1) is 12.1 Å². The highest BCUT2D eigenvalue weighted by Gasteiger charge is 2.43. The highest BCUT2D eigenvalue weighted by molar-refractivity contribution is 6.42. The summed E-state index contributed by atoms with van der Waals surface area (Å²) in [6.45, 7) is 0. The molecule has 0 saturated carbocycles. The zero-order valence-electron chi connectivity index (χ0n) is 18.7. The summed E-state index contributed by atoms with van der Waals surface area (Å²) in [7, 11) is 0. The van der Waals surface area contributed by atoms with Gasteiger partial charge in [-0.15, -0.1) is 0 Å². The van der Waals surface area contributed by atoms with Crippen LogP contribution in [-0.2, 0) is 16.0 Å². The fraction of sp³-hybridized carbons (Fsp3) is 0.120. The van der Waals surface area contributed by atoms with Crippen LogP contribution in [0.15, 0.2) is 65.6 Å². The van der Waals surface area contributed by atoms with Crippen LogP contribution in [-0.4, -0.2) is 48.3 Å². The number of aromatic nitrogens is 4. The summed E-state index contributed by atoms with van der Waals surface area (Å²) in [5.74, 6) is 0.158. The fourth-order valence-electron chi connectivity index (χ4n) is 4.15. The number of benzene rings is 2. The van der Waals surface area contributed by atoms with Crippen molar-refractivity contribution < 1.29 is 28.2 Å². The smallest absolute Gasteiger partial charge is 0.365 e. The van der Waals surface area contributed by atoms with Crippen LogP contribution in [0.1, 0.15) is 24.3 Å². The van der Waals surface area contributed by atoms with Gasteiger partial charge in [-0.3, -0.25) is 14.9 Å². The standard InChI is InChI=1S/C25H16N6O5/c32-21-7-5-18(24(33)28-21)31-19-10-14(4-6-20(19)35-25(31)34)11-22-29-23(30-36-22)16-3-1-2-15(12-16)17-8-9-26-13-27-17/h1-4,6,8-10,12-13H,5,7,11H2/p+1/b31-18+. The molecular weight excluding hydrogens is 464 g/mol. The number of hydrogen-bond acceptors (Lipinski definition) is 9. The number of carbonyl (C=O) groups is 3. The van der Waals surface area contributed by atoms with Crippen molar-refractivity contribution in [2.24, 2.45) is 0 Å². The lowest BCUT2D eigenvalue weighted by Crippen LogP contribution is -2.45. The van der Waals surface area contributed by atoms with Gasteiger partial charge in [-0.1, -0.05) is 34.0 Å². The average Bonchev–Trinajstić information content (AvgIpc) is 3.48. The van der Waals surface area contributed by atoms with E-state index in [9.17, 15) is 14.4 Å². The van der Waals surface area contributed by atoms with Gasteiger partial charge in [-0.05, 0) is 23.8 Å². The quantitative estimate of drug-likeness (QED) is 0.344. The summed E-state index contributed by atoms with van der Waals surface area (Å²) in [5.41, 5.74) is 3.82. The number of nitrogens with zero attached hydrogens (tertiary/aromatic N) is 5. The van der Waals surface area contributed by atoms with E-state index in [0.29, 0.717) is 29.6 Å². The third-order valence-corrected chi connectivity index (χ3v) is 5.84. The van der Waals surface area contributed by atoms with Crippen molar-refractivity contribution in [3.05, 3.63) is 72.5 Å². The van der Waals surface area contributed by atoms with Gasteiger partial charge < -0.3 is 9.26 Å². The molecule has 2 aliphatic heterocycles. The number of nitrogens with one attached hydrogen (secondary N) is 1. The van der Waals surface area contributed by atoms with Gasteiger partial charge in [0.25, 0.3) is 11.4 Å². The van der Waals surface area contributed by atoms with Gasteiger partial charge >= 0.3 is 12.0 Å². The van der Waals surface area contributed by atoms with E-state index in [1.54, 1.807) is 24.4 Å². The molecule has 36 heavy (non-hydrogen) atoms. The molecule has 1 fully saturated rings. The molecule has 1 saturated heterocycles. The van der Waals surface area contributed by atoms with Gasteiger partial charge in [0, 0.05) is 36.2 Å². The van der Waals surface area contributed by atoms with E-state index in [2.05, 4.69) is 25.4 Å². The zero-order valence-corrected chi connectivity index (χ0v) is 18.7. The van der Waals surface area contributed by atoms with Crippen LogP contribution in [0, 0.1) is 0 Å². The second-order valence-electron chi connectivity index (χ2n) is 8.19. The lowest BCUT2D eigenvalue weighted by molar-refractivity contribution is -0.335. The maximum Gasteiger partial charge on any atom is 0.608 e. The normalized spacial score (nSPS) is 17.1. The molecule has 0 spiro atoms. The molecule has 0 radical (unpaired) electrons. The number of amides is 3. The van der Waals surface area contributed by atoms with E-state index in [0.717, 1.165) is 22.4 Å². The SMILES string of the molecule is O=C1CC/C(=[N+]2\C(=O)Oc3ccc(Cc4nc(-c5cccc(-c6ccncn6)c5)no4)cc32)C(=O)N1. The summed E-state index contributed by atoms with van der Waals surface area (Å²) in [5, 5.41) is 6.35. The van der Waals surface area contributed by atoms with Crippen LogP contribution in [0.2, 0.25) is 0 Å². The second kappa shape index (κ2) is 8.62. The van der Waals surface area contributed by atoms with Crippen LogP contribution in [0.4, 0.5) is 10.5 Å². The Kier molecular flexibility index (Phi) is 5.14. The van der Waals surface area contributed by atoms with Crippen LogP contribution in [0.25, 0.3) is 22.6 Å². The lowest BCUT2D eigenvalue weighted by Gasteiger charge is -2.09. The average molecular weight is 481 g/mol. The van der Waals surface area contributed by atoms with Crippen LogP contribution >= 0.6 is 0 Å². The molecular formula is C25H17N6O5+. The van der Waals surface area contributed by atoms with Crippen LogP contribution < -0.4 is 10.1 Å². The van der Waals surface area contributed by atoms with Crippen molar-refractivity contribution in [2.45, 2.75) is 19.3 Å². The maximum atomic E-state index is 12.5. The van der Waals surface area contributed by atoms with Gasteiger partial charge in [0.15, 0.2) is 0 Å². The highest BCUT2D eigenvalue weighted by Crippen LogP contribution is 2.36. The molecule has 0 unspecified atom stereocenters. The van der Waals surface area contributed by atoms with E-state index >= 15 is 0 Å². The zero-order chi connectivity index (χ0) is 24.6. The van der Waals surface area contributed by atoms with Gasteiger partial charge in [0.1, 0.15) is 6.33 Å². The molecule has 0 bridgehead atoms. The molecule has 2 aromatic heterocycles. The molecule has 6 rings (SSSR count). The lowest BCUT2D eigenvalue weighted by atomic mass is 10.1. The molecule has 2 aromatic carbocycles. The molecule has 1 N–H and O–H groups in total. The third-order valence-electron chi connectivity index (χ3n) is 5.84. The van der Waals surface area contributed by atoms with E-state index in [1.165, 1.54) is 10.9 Å². The summed E-state index contributed by atoms with van der Waals surface area (Å²) < 4.78 is 12.0.